The van der Waals surface area contributed by atoms with Crippen molar-refractivity contribution < 1.29 is 0 Å². The Balaban J connectivity index is 2.21. The van der Waals surface area contributed by atoms with E-state index in [9.17, 15) is 0 Å². The van der Waals surface area contributed by atoms with E-state index in [4.69, 9.17) is 5.73 Å². The Hall–Kier alpha value is -2.56. The standard InChI is InChI=1S/C13H13N5/c1-15-12-13-17-8-11(18(13)7-6-16-12)9-2-4-10(14)5-3-9/h2-8H,14H2,1H3,(H,15,16). The van der Waals surface area contributed by atoms with Crippen LogP contribution in [0.4, 0.5) is 11.5 Å². The van der Waals surface area contributed by atoms with Gasteiger partial charge in [-0.15, -0.1) is 0 Å². The number of nitrogen functional groups attached to an aromatic ring is 1. The van der Waals surface area contributed by atoms with Crippen molar-refractivity contribution in [1.29, 1.82) is 0 Å². The first-order valence-corrected chi connectivity index (χ1v) is 5.65. The van der Waals surface area contributed by atoms with E-state index in [-0.39, 0.29) is 0 Å². The molecule has 5 nitrogen and oxygen atoms in total. The highest BCUT2D eigenvalue weighted by Crippen LogP contribution is 2.23. The molecule has 2 aromatic heterocycles. The number of imidazole rings is 1. The lowest BCUT2D eigenvalue weighted by Gasteiger charge is -2.04. The van der Waals surface area contributed by atoms with Crippen molar-refractivity contribution in [3.63, 3.8) is 0 Å². The summed E-state index contributed by atoms with van der Waals surface area (Å²) < 4.78 is 2.00. The number of hydrogen-bond acceptors (Lipinski definition) is 4. The fraction of sp³-hybridized carbons (Fsp3) is 0.0769. The van der Waals surface area contributed by atoms with Gasteiger partial charge in [0.1, 0.15) is 0 Å². The van der Waals surface area contributed by atoms with Crippen molar-refractivity contribution in [3.05, 3.63) is 42.9 Å². The van der Waals surface area contributed by atoms with E-state index >= 15 is 0 Å². The fourth-order valence-corrected chi connectivity index (χ4v) is 1.96. The summed E-state index contributed by atoms with van der Waals surface area (Å²) >= 11 is 0. The number of fused-ring (bicyclic) bond motifs is 1. The maximum Gasteiger partial charge on any atom is 0.180 e. The van der Waals surface area contributed by atoms with Crippen LogP contribution in [0.3, 0.4) is 0 Å². The molecule has 3 N–H and O–H groups in total. The Morgan fingerprint density at radius 2 is 1.94 bits per heavy atom. The van der Waals surface area contributed by atoms with Gasteiger partial charge in [-0.2, -0.15) is 0 Å². The summed E-state index contributed by atoms with van der Waals surface area (Å²) in [6, 6.07) is 7.74. The predicted octanol–water partition coefficient (Wildman–Crippen LogP) is 2.02. The molecule has 0 saturated heterocycles. The molecular formula is C13H13N5. The molecule has 3 rings (SSSR count). The molecule has 0 atom stereocenters. The Labute approximate surface area is 104 Å². The third-order valence-electron chi connectivity index (χ3n) is 2.87. The first-order chi connectivity index (χ1) is 8.79. The van der Waals surface area contributed by atoms with Crippen molar-refractivity contribution in [2.75, 3.05) is 18.1 Å². The van der Waals surface area contributed by atoms with Gasteiger partial charge in [-0.25, -0.2) is 9.97 Å². The number of benzene rings is 1. The van der Waals surface area contributed by atoms with Crippen molar-refractivity contribution in [1.82, 2.24) is 14.4 Å². The molecular weight excluding hydrogens is 226 g/mol. The van der Waals surface area contributed by atoms with Crippen LogP contribution in [0, 0.1) is 0 Å². The zero-order chi connectivity index (χ0) is 12.5. The average molecular weight is 239 g/mol. The van der Waals surface area contributed by atoms with E-state index < -0.39 is 0 Å². The molecule has 0 amide bonds. The van der Waals surface area contributed by atoms with Gasteiger partial charge in [0.2, 0.25) is 0 Å². The van der Waals surface area contributed by atoms with Gasteiger partial charge in [-0.05, 0) is 12.1 Å². The summed E-state index contributed by atoms with van der Waals surface area (Å²) in [7, 11) is 1.83. The Morgan fingerprint density at radius 1 is 1.17 bits per heavy atom. The Bertz CT molecular complexity index is 684. The number of rotatable bonds is 2. The number of anilines is 2. The minimum Gasteiger partial charge on any atom is -0.399 e. The molecule has 18 heavy (non-hydrogen) atoms. The van der Waals surface area contributed by atoms with E-state index in [1.54, 1.807) is 6.20 Å². The van der Waals surface area contributed by atoms with Crippen LogP contribution in [-0.4, -0.2) is 21.4 Å². The van der Waals surface area contributed by atoms with E-state index in [1.807, 2.05) is 48.1 Å². The highest BCUT2D eigenvalue weighted by Gasteiger charge is 2.08. The normalized spacial score (nSPS) is 10.7. The van der Waals surface area contributed by atoms with Crippen LogP contribution in [0.25, 0.3) is 16.9 Å². The smallest absolute Gasteiger partial charge is 0.180 e. The number of nitrogens with zero attached hydrogens (tertiary/aromatic N) is 3. The summed E-state index contributed by atoms with van der Waals surface area (Å²) in [6.07, 6.45) is 5.49. The molecule has 0 radical (unpaired) electrons. The maximum atomic E-state index is 5.70. The minimum absolute atomic E-state index is 0.755. The quantitative estimate of drug-likeness (QED) is 0.671. The topological polar surface area (TPSA) is 68.2 Å². The zero-order valence-corrected chi connectivity index (χ0v) is 9.96. The molecule has 1 aromatic carbocycles. The Kier molecular flexibility index (Phi) is 2.37. The summed E-state index contributed by atoms with van der Waals surface area (Å²) in [5.41, 5.74) is 9.35. The van der Waals surface area contributed by atoms with Crippen molar-refractivity contribution in [2.45, 2.75) is 0 Å². The largest absolute Gasteiger partial charge is 0.399 e. The van der Waals surface area contributed by atoms with E-state index in [0.717, 1.165) is 28.4 Å². The zero-order valence-electron chi connectivity index (χ0n) is 9.96. The number of nitrogens with one attached hydrogen (secondary N) is 1. The number of nitrogens with two attached hydrogens (primary N) is 1. The molecule has 2 heterocycles. The lowest BCUT2D eigenvalue weighted by Crippen LogP contribution is -1.97. The highest BCUT2D eigenvalue weighted by molar-refractivity contribution is 5.71. The van der Waals surface area contributed by atoms with Crippen LogP contribution in [-0.2, 0) is 0 Å². The fourth-order valence-electron chi connectivity index (χ4n) is 1.96. The summed E-state index contributed by atoms with van der Waals surface area (Å²) in [5.74, 6) is 0.763. The van der Waals surface area contributed by atoms with E-state index in [1.165, 1.54) is 0 Å². The number of hydrogen-bond donors (Lipinski definition) is 2. The van der Waals surface area contributed by atoms with Crippen LogP contribution in [0.5, 0.6) is 0 Å². The first-order valence-electron chi connectivity index (χ1n) is 5.65. The molecule has 0 aliphatic carbocycles. The minimum atomic E-state index is 0.755. The molecule has 0 spiro atoms. The van der Waals surface area contributed by atoms with E-state index in [0.29, 0.717) is 0 Å². The summed E-state index contributed by atoms with van der Waals surface area (Å²) in [4.78, 5) is 8.63. The van der Waals surface area contributed by atoms with Crippen LogP contribution < -0.4 is 11.1 Å². The van der Waals surface area contributed by atoms with Gasteiger partial charge in [0.15, 0.2) is 11.5 Å². The summed E-state index contributed by atoms with van der Waals surface area (Å²) in [5, 5.41) is 3.03. The van der Waals surface area contributed by atoms with Crippen LogP contribution in [0.15, 0.2) is 42.9 Å². The molecule has 3 aromatic rings. The summed E-state index contributed by atoms with van der Waals surface area (Å²) in [6.45, 7) is 0. The molecule has 90 valence electrons. The second kappa shape index (κ2) is 4.03. The van der Waals surface area contributed by atoms with Gasteiger partial charge >= 0.3 is 0 Å². The van der Waals surface area contributed by atoms with Gasteiger partial charge in [0, 0.05) is 30.7 Å². The molecule has 0 aliphatic rings. The molecule has 0 saturated carbocycles. The predicted molar refractivity (Wildman–Crippen MR) is 72.4 cm³/mol. The van der Waals surface area contributed by atoms with Gasteiger partial charge in [0.25, 0.3) is 0 Å². The maximum absolute atomic E-state index is 5.70. The van der Waals surface area contributed by atoms with Crippen LogP contribution >= 0.6 is 0 Å². The average Bonchev–Trinajstić information content (AvgIpc) is 2.83. The lowest BCUT2D eigenvalue weighted by molar-refractivity contribution is 1.13. The molecule has 0 bridgehead atoms. The highest BCUT2D eigenvalue weighted by atomic mass is 15.1. The van der Waals surface area contributed by atoms with Crippen LogP contribution in [0.1, 0.15) is 0 Å². The van der Waals surface area contributed by atoms with Crippen molar-refractivity contribution in [2.24, 2.45) is 0 Å². The first kappa shape index (κ1) is 10.6. The molecule has 0 aliphatic heterocycles. The third kappa shape index (κ3) is 1.57. The van der Waals surface area contributed by atoms with E-state index in [2.05, 4.69) is 15.3 Å². The van der Waals surface area contributed by atoms with Gasteiger partial charge in [-0.3, -0.25) is 4.40 Å². The number of aromatic nitrogens is 3. The van der Waals surface area contributed by atoms with Crippen molar-refractivity contribution in [3.8, 4) is 11.3 Å². The monoisotopic (exact) mass is 239 g/mol. The third-order valence-corrected chi connectivity index (χ3v) is 2.87. The van der Waals surface area contributed by atoms with Gasteiger partial charge in [0.05, 0.1) is 11.9 Å². The lowest BCUT2D eigenvalue weighted by atomic mass is 10.1. The molecule has 0 unspecified atom stereocenters. The molecule has 0 fully saturated rings. The molecule has 5 heteroatoms. The second-order valence-electron chi connectivity index (χ2n) is 3.98. The second-order valence-corrected chi connectivity index (χ2v) is 3.98. The van der Waals surface area contributed by atoms with Crippen molar-refractivity contribution >= 4 is 17.2 Å². The van der Waals surface area contributed by atoms with Gasteiger partial charge < -0.3 is 11.1 Å². The van der Waals surface area contributed by atoms with Crippen LogP contribution in [0.2, 0.25) is 0 Å². The SMILES string of the molecule is CNc1nccn2c(-c3ccc(N)cc3)cnc12. The Morgan fingerprint density at radius 3 is 2.67 bits per heavy atom. The van der Waals surface area contributed by atoms with Gasteiger partial charge in [-0.1, -0.05) is 12.1 Å².